The van der Waals surface area contributed by atoms with Crippen molar-refractivity contribution < 1.29 is 9.53 Å². The maximum Gasteiger partial charge on any atom is 0.231 e. The Kier molecular flexibility index (Phi) is 4.12. The second-order valence-electron chi connectivity index (χ2n) is 3.49. The fourth-order valence-electron chi connectivity index (χ4n) is 1.36. The van der Waals surface area contributed by atoms with Crippen molar-refractivity contribution in [3.05, 3.63) is 29.8 Å². The van der Waals surface area contributed by atoms with E-state index in [1.54, 1.807) is 7.11 Å². The van der Waals surface area contributed by atoms with Gasteiger partial charge in [0, 0.05) is 6.54 Å². The number of rotatable bonds is 5. The fourth-order valence-corrected chi connectivity index (χ4v) is 1.36. The number of methoxy groups -OCH3 is 1. The van der Waals surface area contributed by atoms with Crippen LogP contribution in [0.5, 0.6) is 5.75 Å². The van der Waals surface area contributed by atoms with Crippen molar-refractivity contribution in [2.45, 2.75) is 6.54 Å². The first-order valence-electron chi connectivity index (χ1n) is 4.71. The average molecular weight is 208 g/mol. The summed E-state index contributed by atoms with van der Waals surface area (Å²) < 4.78 is 5.05. The maximum absolute atomic E-state index is 10.7. The standard InChI is InChI=1S/C11H16N2O2/c1-13(8-11(12)14)7-9-3-5-10(15-2)6-4-9/h3-6H,7-8H2,1-2H3,(H2,12,14). The van der Waals surface area contributed by atoms with Gasteiger partial charge in [0.1, 0.15) is 5.75 Å². The number of ether oxygens (including phenoxy) is 1. The van der Waals surface area contributed by atoms with Crippen molar-refractivity contribution in [2.24, 2.45) is 5.73 Å². The van der Waals surface area contributed by atoms with Gasteiger partial charge in [0.2, 0.25) is 5.91 Å². The normalized spacial score (nSPS) is 10.3. The predicted octanol–water partition coefficient (Wildman–Crippen LogP) is 0.612. The number of hydrogen-bond acceptors (Lipinski definition) is 3. The van der Waals surface area contributed by atoms with E-state index in [9.17, 15) is 4.79 Å². The molecule has 0 saturated heterocycles. The maximum atomic E-state index is 10.7. The molecule has 1 rings (SSSR count). The van der Waals surface area contributed by atoms with Gasteiger partial charge in [-0.3, -0.25) is 9.69 Å². The third kappa shape index (κ3) is 3.99. The van der Waals surface area contributed by atoms with E-state index >= 15 is 0 Å². The van der Waals surface area contributed by atoms with Crippen molar-refractivity contribution in [2.75, 3.05) is 20.7 Å². The van der Waals surface area contributed by atoms with E-state index in [0.717, 1.165) is 11.3 Å². The first-order chi connectivity index (χ1) is 7.11. The van der Waals surface area contributed by atoms with Crippen molar-refractivity contribution in [1.29, 1.82) is 0 Å². The van der Waals surface area contributed by atoms with E-state index in [1.807, 2.05) is 36.2 Å². The molecule has 0 aromatic heterocycles. The molecule has 0 fully saturated rings. The van der Waals surface area contributed by atoms with Crippen LogP contribution in [0.1, 0.15) is 5.56 Å². The topological polar surface area (TPSA) is 55.6 Å². The summed E-state index contributed by atoms with van der Waals surface area (Å²) in [5.74, 6) is 0.516. The number of benzene rings is 1. The van der Waals surface area contributed by atoms with Gasteiger partial charge in [-0.25, -0.2) is 0 Å². The third-order valence-corrected chi connectivity index (χ3v) is 2.04. The van der Waals surface area contributed by atoms with Crippen LogP contribution in [0.2, 0.25) is 0 Å². The SMILES string of the molecule is COc1ccc(CN(C)CC(N)=O)cc1. The molecule has 0 aliphatic rings. The monoisotopic (exact) mass is 208 g/mol. The molecule has 4 nitrogen and oxygen atoms in total. The summed E-state index contributed by atoms with van der Waals surface area (Å²) in [7, 11) is 3.49. The number of nitrogens with zero attached hydrogens (tertiary/aromatic N) is 1. The molecule has 1 aromatic rings. The minimum Gasteiger partial charge on any atom is -0.497 e. The Hall–Kier alpha value is -1.55. The van der Waals surface area contributed by atoms with E-state index in [-0.39, 0.29) is 12.5 Å². The first kappa shape index (κ1) is 11.5. The number of hydrogen-bond donors (Lipinski definition) is 1. The number of nitrogens with two attached hydrogens (primary N) is 1. The number of primary amides is 1. The van der Waals surface area contributed by atoms with Gasteiger partial charge in [-0.05, 0) is 24.7 Å². The largest absolute Gasteiger partial charge is 0.497 e. The average Bonchev–Trinajstić information content (AvgIpc) is 2.17. The van der Waals surface area contributed by atoms with Crippen LogP contribution in [-0.2, 0) is 11.3 Å². The molecule has 2 N–H and O–H groups in total. The molecule has 0 aliphatic carbocycles. The fraction of sp³-hybridized carbons (Fsp3) is 0.364. The second kappa shape index (κ2) is 5.36. The molecule has 15 heavy (non-hydrogen) atoms. The third-order valence-electron chi connectivity index (χ3n) is 2.04. The molecular weight excluding hydrogens is 192 g/mol. The zero-order valence-electron chi connectivity index (χ0n) is 9.06. The minimum atomic E-state index is -0.314. The molecular formula is C11H16N2O2. The van der Waals surface area contributed by atoms with Crippen LogP contribution in [-0.4, -0.2) is 31.5 Å². The Balaban J connectivity index is 2.53. The lowest BCUT2D eigenvalue weighted by Crippen LogP contribution is -2.30. The summed E-state index contributed by atoms with van der Waals surface area (Å²) >= 11 is 0. The summed E-state index contributed by atoms with van der Waals surface area (Å²) in [6.45, 7) is 0.971. The lowest BCUT2D eigenvalue weighted by molar-refractivity contribution is -0.118. The van der Waals surface area contributed by atoms with Gasteiger partial charge in [0.25, 0.3) is 0 Å². The smallest absolute Gasteiger partial charge is 0.231 e. The van der Waals surface area contributed by atoms with Crippen LogP contribution in [0.4, 0.5) is 0 Å². The van der Waals surface area contributed by atoms with E-state index in [0.29, 0.717) is 6.54 Å². The number of amides is 1. The van der Waals surface area contributed by atoms with E-state index in [1.165, 1.54) is 0 Å². The first-order valence-corrected chi connectivity index (χ1v) is 4.71. The second-order valence-corrected chi connectivity index (χ2v) is 3.49. The quantitative estimate of drug-likeness (QED) is 0.771. The highest BCUT2D eigenvalue weighted by atomic mass is 16.5. The van der Waals surface area contributed by atoms with Crippen LogP contribution in [0.15, 0.2) is 24.3 Å². The molecule has 0 aliphatic heterocycles. The molecule has 0 atom stereocenters. The molecule has 1 amide bonds. The molecule has 0 bridgehead atoms. The minimum absolute atomic E-state index is 0.270. The molecule has 0 unspecified atom stereocenters. The highest BCUT2D eigenvalue weighted by Gasteiger charge is 2.03. The highest BCUT2D eigenvalue weighted by Crippen LogP contribution is 2.12. The summed E-state index contributed by atoms with van der Waals surface area (Å²) in [4.78, 5) is 12.5. The van der Waals surface area contributed by atoms with Crippen molar-refractivity contribution >= 4 is 5.91 Å². The zero-order valence-corrected chi connectivity index (χ0v) is 9.06. The molecule has 82 valence electrons. The van der Waals surface area contributed by atoms with Crippen molar-refractivity contribution in [3.63, 3.8) is 0 Å². The summed E-state index contributed by atoms with van der Waals surface area (Å²) in [5.41, 5.74) is 6.22. The lowest BCUT2D eigenvalue weighted by Gasteiger charge is -2.14. The molecule has 1 aromatic carbocycles. The molecule has 4 heteroatoms. The summed E-state index contributed by atoms with van der Waals surface area (Å²) in [6.07, 6.45) is 0. The zero-order chi connectivity index (χ0) is 11.3. The molecule has 0 spiro atoms. The summed E-state index contributed by atoms with van der Waals surface area (Å²) in [5, 5.41) is 0. The number of carbonyl (C=O) groups excluding carboxylic acids is 1. The van der Waals surface area contributed by atoms with Crippen LogP contribution in [0.25, 0.3) is 0 Å². The van der Waals surface area contributed by atoms with Gasteiger partial charge < -0.3 is 10.5 Å². The predicted molar refractivity (Wildman–Crippen MR) is 58.5 cm³/mol. The Morgan fingerprint density at radius 3 is 2.47 bits per heavy atom. The van der Waals surface area contributed by atoms with Gasteiger partial charge in [-0.1, -0.05) is 12.1 Å². The van der Waals surface area contributed by atoms with Gasteiger partial charge >= 0.3 is 0 Å². The molecule has 0 radical (unpaired) electrons. The van der Waals surface area contributed by atoms with E-state index < -0.39 is 0 Å². The van der Waals surface area contributed by atoms with Crippen LogP contribution in [0, 0.1) is 0 Å². The van der Waals surface area contributed by atoms with Crippen molar-refractivity contribution in [1.82, 2.24) is 4.90 Å². The highest BCUT2D eigenvalue weighted by molar-refractivity contribution is 5.75. The molecule has 0 saturated carbocycles. The van der Waals surface area contributed by atoms with Gasteiger partial charge in [-0.2, -0.15) is 0 Å². The van der Waals surface area contributed by atoms with Crippen LogP contribution in [0.3, 0.4) is 0 Å². The number of carbonyl (C=O) groups is 1. The van der Waals surface area contributed by atoms with Crippen molar-refractivity contribution in [3.8, 4) is 5.75 Å². The van der Waals surface area contributed by atoms with Gasteiger partial charge in [-0.15, -0.1) is 0 Å². The lowest BCUT2D eigenvalue weighted by atomic mass is 10.2. The van der Waals surface area contributed by atoms with Gasteiger partial charge in [0.15, 0.2) is 0 Å². The van der Waals surface area contributed by atoms with Gasteiger partial charge in [0.05, 0.1) is 13.7 Å². The Morgan fingerprint density at radius 2 is 2.00 bits per heavy atom. The molecule has 0 heterocycles. The van der Waals surface area contributed by atoms with Crippen LogP contribution < -0.4 is 10.5 Å². The van der Waals surface area contributed by atoms with E-state index in [4.69, 9.17) is 10.5 Å². The Labute approximate surface area is 89.6 Å². The van der Waals surface area contributed by atoms with Crippen LogP contribution >= 0.6 is 0 Å². The summed E-state index contributed by atoms with van der Waals surface area (Å²) in [6, 6.07) is 7.73. The Morgan fingerprint density at radius 1 is 1.40 bits per heavy atom. The Bertz CT molecular complexity index is 322. The number of likely N-dealkylation sites (N-methyl/N-ethyl adjacent to an activating group) is 1. The van der Waals surface area contributed by atoms with E-state index in [2.05, 4.69) is 0 Å².